The number of nitrogens with zero attached hydrogens (tertiary/aromatic N) is 1. The maximum atomic E-state index is 14.4. The summed E-state index contributed by atoms with van der Waals surface area (Å²) < 4.78 is 82.9. The second-order valence-electron chi connectivity index (χ2n) is 9.12. The quantitative estimate of drug-likeness (QED) is 0.184. The first-order valence-corrected chi connectivity index (χ1v) is 13.2. The van der Waals surface area contributed by atoms with E-state index < -0.39 is 32.5 Å². The molecule has 1 unspecified atom stereocenters. The highest BCUT2D eigenvalue weighted by Gasteiger charge is 2.36. The van der Waals surface area contributed by atoms with Crippen LogP contribution in [0, 0.1) is 11.7 Å². The Hall–Kier alpha value is -3.10. The van der Waals surface area contributed by atoms with Gasteiger partial charge in [0.2, 0.25) is 0 Å². The Labute approximate surface area is 218 Å². The van der Waals surface area contributed by atoms with Crippen LogP contribution < -0.4 is 4.31 Å². The third-order valence-electron chi connectivity index (χ3n) is 6.42. The molecule has 0 N–H and O–H groups in total. The number of allylic oxidation sites excluding steroid dienone is 1. The van der Waals surface area contributed by atoms with E-state index in [0.717, 1.165) is 28.1 Å². The van der Waals surface area contributed by atoms with Crippen molar-refractivity contribution in [2.45, 2.75) is 31.3 Å². The minimum absolute atomic E-state index is 0.0339. The van der Waals surface area contributed by atoms with Gasteiger partial charge in [0.1, 0.15) is 5.82 Å². The molecule has 9 heteroatoms. The van der Waals surface area contributed by atoms with Gasteiger partial charge in [-0.1, -0.05) is 54.1 Å². The van der Waals surface area contributed by atoms with Gasteiger partial charge in [0.05, 0.1) is 21.2 Å². The second kappa shape index (κ2) is 9.99. The Morgan fingerprint density at radius 2 is 1.78 bits per heavy atom. The fraction of sp³-hybridized carbons (Fsp3) is 0.214. The summed E-state index contributed by atoms with van der Waals surface area (Å²) in [7, 11) is -4.35. The Morgan fingerprint density at radius 3 is 2.43 bits per heavy atom. The van der Waals surface area contributed by atoms with Crippen molar-refractivity contribution in [2.75, 3.05) is 10.8 Å². The molecular weight excluding hydrogens is 526 g/mol. The summed E-state index contributed by atoms with van der Waals surface area (Å²) in [5.41, 5.74) is 2.15. The SMILES string of the molecule is C=C(C)C1Cc2ccc(C=C(C)c3c(F)cccc3Cl)cc2N(S(=O)(=O)c2cccc(C(F)(F)F)c2)C1. The van der Waals surface area contributed by atoms with E-state index in [-0.39, 0.29) is 23.0 Å². The zero-order valence-corrected chi connectivity index (χ0v) is 21.7. The molecule has 0 aromatic heterocycles. The van der Waals surface area contributed by atoms with E-state index in [2.05, 4.69) is 6.58 Å². The molecule has 0 aliphatic carbocycles. The molecule has 3 aromatic rings. The van der Waals surface area contributed by atoms with Crippen molar-refractivity contribution < 1.29 is 26.0 Å². The summed E-state index contributed by atoms with van der Waals surface area (Å²) >= 11 is 6.19. The molecule has 194 valence electrons. The van der Waals surface area contributed by atoms with E-state index >= 15 is 0 Å². The topological polar surface area (TPSA) is 37.4 Å². The highest BCUT2D eigenvalue weighted by molar-refractivity contribution is 7.92. The molecule has 1 atom stereocenters. The molecule has 0 spiro atoms. The van der Waals surface area contributed by atoms with Crippen molar-refractivity contribution in [3.8, 4) is 0 Å². The van der Waals surface area contributed by atoms with Gasteiger partial charge in [-0.15, -0.1) is 0 Å². The number of hydrogen-bond donors (Lipinski definition) is 0. The number of halogens is 5. The predicted molar refractivity (Wildman–Crippen MR) is 139 cm³/mol. The van der Waals surface area contributed by atoms with Crippen molar-refractivity contribution in [2.24, 2.45) is 5.92 Å². The van der Waals surface area contributed by atoms with Crippen LogP contribution in [-0.2, 0) is 22.6 Å². The molecule has 0 fully saturated rings. The third kappa shape index (κ3) is 5.45. The molecule has 1 aliphatic heterocycles. The molecule has 3 nitrogen and oxygen atoms in total. The van der Waals surface area contributed by atoms with Gasteiger partial charge in [0.15, 0.2) is 0 Å². The average Bonchev–Trinajstić information content (AvgIpc) is 2.82. The summed E-state index contributed by atoms with van der Waals surface area (Å²) in [6.07, 6.45) is -2.47. The first-order chi connectivity index (χ1) is 17.3. The van der Waals surface area contributed by atoms with Gasteiger partial charge >= 0.3 is 6.18 Å². The normalized spacial score (nSPS) is 16.5. The first-order valence-electron chi connectivity index (χ1n) is 11.4. The summed E-state index contributed by atoms with van der Waals surface area (Å²) in [4.78, 5) is -0.453. The van der Waals surface area contributed by atoms with Gasteiger partial charge in [-0.2, -0.15) is 13.2 Å². The molecule has 1 heterocycles. The second-order valence-corrected chi connectivity index (χ2v) is 11.4. The smallest absolute Gasteiger partial charge is 0.265 e. The molecular formula is C28H24ClF4NO2S. The Kier molecular flexibility index (Phi) is 7.27. The van der Waals surface area contributed by atoms with Gasteiger partial charge in [0, 0.05) is 18.0 Å². The maximum Gasteiger partial charge on any atom is 0.416 e. The highest BCUT2D eigenvalue weighted by atomic mass is 35.5. The van der Waals surface area contributed by atoms with Crippen LogP contribution in [-0.4, -0.2) is 15.0 Å². The maximum absolute atomic E-state index is 14.4. The van der Waals surface area contributed by atoms with E-state index in [9.17, 15) is 26.0 Å². The van der Waals surface area contributed by atoms with Crippen LogP contribution in [0.5, 0.6) is 0 Å². The number of benzene rings is 3. The van der Waals surface area contributed by atoms with Crippen LogP contribution in [0.2, 0.25) is 5.02 Å². The van der Waals surface area contributed by atoms with Gasteiger partial charge < -0.3 is 0 Å². The minimum atomic E-state index is -4.69. The largest absolute Gasteiger partial charge is 0.416 e. The van der Waals surface area contributed by atoms with Gasteiger partial charge in [0.25, 0.3) is 10.0 Å². The van der Waals surface area contributed by atoms with Crippen LogP contribution in [0.15, 0.2) is 77.7 Å². The molecule has 0 saturated carbocycles. The minimum Gasteiger partial charge on any atom is -0.265 e. The zero-order valence-electron chi connectivity index (χ0n) is 20.1. The third-order valence-corrected chi connectivity index (χ3v) is 8.51. The van der Waals surface area contributed by atoms with Crippen LogP contribution in [0.1, 0.15) is 36.1 Å². The number of sulfonamides is 1. The summed E-state index contributed by atoms with van der Waals surface area (Å²) in [5, 5.41) is 0.241. The van der Waals surface area contributed by atoms with E-state index in [4.69, 9.17) is 11.6 Å². The predicted octanol–water partition coefficient (Wildman–Crippen LogP) is 8.00. The molecule has 0 radical (unpaired) electrons. The van der Waals surface area contributed by atoms with Crippen molar-refractivity contribution in [3.05, 3.63) is 106 Å². The number of hydrogen-bond acceptors (Lipinski definition) is 2. The standard InChI is InChI=1S/C28H24ClF4NO2S/c1-17(2)21-14-20-11-10-19(12-18(3)27-24(29)8-5-9-25(27)30)13-26(20)34(16-21)37(35,36)23-7-4-6-22(15-23)28(31,32)33/h4-13,15,21H,1,14,16H2,2-3H3. The molecule has 0 amide bonds. The Balaban J connectivity index is 1.83. The van der Waals surface area contributed by atoms with E-state index in [0.29, 0.717) is 34.9 Å². The Morgan fingerprint density at radius 1 is 1.08 bits per heavy atom. The molecule has 0 saturated heterocycles. The van der Waals surface area contributed by atoms with Gasteiger partial charge in [-0.05, 0) is 73.4 Å². The lowest BCUT2D eigenvalue weighted by atomic mass is 9.88. The average molecular weight is 550 g/mol. The van der Waals surface area contributed by atoms with E-state index in [1.165, 1.54) is 12.1 Å². The zero-order chi connectivity index (χ0) is 27.1. The molecule has 3 aromatic carbocycles. The lowest BCUT2D eigenvalue weighted by molar-refractivity contribution is -0.137. The van der Waals surface area contributed by atoms with Gasteiger partial charge in [-0.3, -0.25) is 4.31 Å². The van der Waals surface area contributed by atoms with Crippen LogP contribution in [0.4, 0.5) is 23.2 Å². The van der Waals surface area contributed by atoms with Crippen LogP contribution in [0.25, 0.3) is 11.6 Å². The monoisotopic (exact) mass is 549 g/mol. The number of rotatable bonds is 5. The van der Waals surface area contributed by atoms with Crippen molar-refractivity contribution >= 4 is 39.0 Å². The van der Waals surface area contributed by atoms with Crippen molar-refractivity contribution in [1.82, 2.24) is 0 Å². The van der Waals surface area contributed by atoms with E-state index in [1.54, 1.807) is 44.2 Å². The molecule has 0 bridgehead atoms. The number of anilines is 1. The lowest BCUT2D eigenvalue weighted by Gasteiger charge is -2.36. The summed E-state index contributed by atoms with van der Waals surface area (Å²) in [6, 6.07) is 13.3. The first kappa shape index (κ1) is 26.9. The number of fused-ring (bicyclic) bond motifs is 1. The molecule has 4 rings (SSSR count). The summed E-state index contributed by atoms with van der Waals surface area (Å²) in [6.45, 7) is 7.49. The van der Waals surface area contributed by atoms with Crippen molar-refractivity contribution in [3.63, 3.8) is 0 Å². The Bertz CT molecular complexity index is 1490. The lowest BCUT2D eigenvalue weighted by Crippen LogP contribution is -2.40. The number of alkyl halides is 3. The highest BCUT2D eigenvalue weighted by Crippen LogP contribution is 2.39. The molecule has 37 heavy (non-hydrogen) atoms. The molecule has 1 aliphatic rings. The van der Waals surface area contributed by atoms with Gasteiger partial charge in [-0.25, -0.2) is 12.8 Å². The van der Waals surface area contributed by atoms with Crippen molar-refractivity contribution in [1.29, 1.82) is 0 Å². The fourth-order valence-electron chi connectivity index (χ4n) is 4.42. The van der Waals surface area contributed by atoms with Crippen LogP contribution in [0.3, 0.4) is 0 Å². The van der Waals surface area contributed by atoms with E-state index in [1.807, 2.05) is 0 Å². The van der Waals surface area contributed by atoms with Crippen LogP contribution >= 0.6 is 11.6 Å². The fourth-order valence-corrected chi connectivity index (χ4v) is 6.32. The summed E-state index contributed by atoms with van der Waals surface area (Å²) in [5.74, 6) is -0.703.